The number of carboxylic acids is 1. The molecule has 6 heteroatoms. The van der Waals surface area contributed by atoms with Gasteiger partial charge in [0.15, 0.2) is 5.15 Å². The van der Waals surface area contributed by atoms with E-state index < -0.39 is 11.2 Å². The average molecular weight is 205 g/mol. The van der Waals surface area contributed by atoms with Crippen molar-refractivity contribution in [3.63, 3.8) is 0 Å². The minimum absolute atomic E-state index is 0.227. The molecule has 0 radical (unpaired) electrons. The van der Waals surface area contributed by atoms with Crippen LogP contribution in [-0.4, -0.2) is 21.3 Å². The van der Waals surface area contributed by atoms with Gasteiger partial charge in [0.2, 0.25) is 0 Å². The zero-order valence-corrected chi connectivity index (χ0v) is 7.46. The lowest BCUT2D eigenvalue weighted by Gasteiger charge is -2.01. The van der Waals surface area contributed by atoms with Crippen molar-refractivity contribution in [2.24, 2.45) is 0 Å². The van der Waals surface area contributed by atoms with Crippen molar-refractivity contribution in [2.45, 2.75) is 5.25 Å². The molecule has 1 aromatic rings. The monoisotopic (exact) mass is 204 g/mol. The fourth-order valence-electron chi connectivity index (χ4n) is 0.599. The highest BCUT2D eigenvalue weighted by atomic mass is 35.5. The second-order valence-corrected chi connectivity index (χ2v) is 2.93. The summed E-state index contributed by atoms with van der Waals surface area (Å²) < 4.78 is 0. The van der Waals surface area contributed by atoms with Gasteiger partial charge in [0.05, 0.1) is 5.69 Å². The van der Waals surface area contributed by atoms with E-state index in [9.17, 15) is 4.79 Å². The van der Waals surface area contributed by atoms with Gasteiger partial charge in [-0.15, -0.1) is 5.10 Å². The summed E-state index contributed by atoms with van der Waals surface area (Å²) in [5, 5.41) is 14.9. The van der Waals surface area contributed by atoms with E-state index in [0.29, 0.717) is 0 Å². The van der Waals surface area contributed by atoms with Gasteiger partial charge >= 0.3 is 5.97 Å². The smallest absolute Gasteiger partial charge is 0.322 e. The van der Waals surface area contributed by atoms with Gasteiger partial charge in [-0.3, -0.25) is 4.79 Å². The van der Waals surface area contributed by atoms with Gasteiger partial charge < -0.3 is 5.11 Å². The molecule has 0 spiro atoms. The molecule has 0 aliphatic carbocycles. The van der Waals surface area contributed by atoms with Gasteiger partial charge in [-0.25, -0.2) is 0 Å². The van der Waals surface area contributed by atoms with Crippen molar-refractivity contribution in [1.29, 1.82) is 0 Å². The van der Waals surface area contributed by atoms with Crippen LogP contribution in [0, 0.1) is 0 Å². The number of aliphatic carboxylic acids is 1. The topological polar surface area (TPSA) is 63.1 Å². The summed E-state index contributed by atoms with van der Waals surface area (Å²) in [6.45, 7) is 0. The molecule has 1 unspecified atom stereocenters. The van der Waals surface area contributed by atoms with Gasteiger partial charge in [0.1, 0.15) is 5.25 Å². The molecule has 1 atom stereocenters. The number of aromatic nitrogens is 2. The lowest BCUT2D eigenvalue weighted by atomic mass is 10.3. The fraction of sp³-hybridized carbons (Fsp3) is 0.167. The molecule has 0 saturated carbocycles. The Balaban J connectivity index is 2.89. The third-order valence-corrected chi connectivity index (χ3v) is 1.85. The predicted octanol–water partition coefficient (Wildman–Crippen LogP) is 1.19. The Bertz CT molecular complexity index is 290. The largest absolute Gasteiger partial charge is 0.480 e. The van der Waals surface area contributed by atoms with Crippen molar-refractivity contribution in [2.75, 3.05) is 0 Å². The molecule has 0 aliphatic rings. The van der Waals surface area contributed by atoms with Gasteiger partial charge in [-0.2, -0.15) is 17.7 Å². The molecule has 1 N–H and O–H groups in total. The molecular weight excluding hydrogens is 200 g/mol. The Morgan fingerprint density at radius 2 is 2.25 bits per heavy atom. The SMILES string of the molecule is O=C(O)C(S)c1ccc(Cl)nn1. The summed E-state index contributed by atoms with van der Waals surface area (Å²) in [4.78, 5) is 10.4. The minimum atomic E-state index is -1.06. The number of carboxylic acid groups (broad SMARTS) is 1. The second kappa shape index (κ2) is 3.73. The normalized spacial score (nSPS) is 12.5. The highest BCUT2D eigenvalue weighted by Crippen LogP contribution is 2.17. The fourth-order valence-corrected chi connectivity index (χ4v) is 0.837. The Kier molecular flexibility index (Phi) is 2.88. The van der Waals surface area contributed by atoms with E-state index in [2.05, 4.69) is 22.8 Å². The third kappa shape index (κ3) is 2.09. The summed E-state index contributed by atoms with van der Waals surface area (Å²) in [5.41, 5.74) is 0.273. The first-order valence-corrected chi connectivity index (χ1v) is 3.90. The number of thiol groups is 1. The molecule has 1 rings (SSSR count). The minimum Gasteiger partial charge on any atom is -0.480 e. The molecule has 12 heavy (non-hydrogen) atoms. The van der Waals surface area contributed by atoms with Gasteiger partial charge in [0.25, 0.3) is 0 Å². The number of rotatable bonds is 2. The number of nitrogens with zero attached hydrogens (tertiary/aromatic N) is 2. The maximum Gasteiger partial charge on any atom is 0.322 e. The number of hydrogen-bond acceptors (Lipinski definition) is 4. The van der Waals surface area contributed by atoms with Crippen LogP contribution in [0.1, 0.15) is 10.9 Å². The van der Waals surface area contributed by atoms with Crippen LogP contribution in [-0.2, 0) is 4.79 Å². The van der Waals surface area contributed by atoms with E-state index in [0.717, 1.165) is 0 Å². The van der Waals surface area contributed by atoms with Gasteiger partial charge in [0, 0.05) is 0 Å². The van der Waals surface area contributed by atoms with Crippen LogP contribution in [0.4, 0.5) is 0 Å². The molecule has 1 heterocycles. The zero-order chi connectivity index (χ0) is 9.14. The Morgan fingerprint density at radius 3 is 2.67 bits per heavy atom. The number of hydrogen-bond donors (Lipinski definition) is 2. The van der Waals surface area contributed by atoms with E-state index in [1.54, 1.807) is 0 Å². The average Bonchev–Trinajstić information content (AvgIpc) is 2.04. The van der Waals surface area contributed by atoms with Crippen molar-refractivity contribution in [1.82, 2.24) is 10.2 Å². The molecule has 0 saturated heterocycles. The van der Waals surface area contributed by atoms with Gasteiger partial charge in [-0.05, 0) is 12.1 Å². The molecule has 0 amide bonds. The summed E-state index contributed by atoms with van der Waals surface area (Å²) in [5.74, 6) is -1.06. The molecule has 0 fully saturated rings. The van der Waals surface area contributed by atoms with Crippen molar-refractivity contribution in [3.05, 3.63) is 23.0 Å². The zero-order valence-electron chi connectivity index (χ0n) is 5.81. The quantitative estimate of drug-likeness (QED) is 0.711. The van der Waals surface area contributed by atoms with Crippen LogP contribution in [0.3, 0.4) is 0 Å². The summed E-state index contributed by atoms with van der Waals surface area (Å²) in [7, 11) is 0. The van der Waals surface area contributed by atoms with Gasteiger partial charge in [-0.1, -0.05) is 11.6 Å². The summed E-state index contributed by atoms with van der Waals surface area (Å²) in [6.07, 6.45) is 0. The predicted molar refractivity (Wildman–Crippen MR) is 46.4 cm³/mol. The van der Waals surface area contributed by atoms with E-state index in [1.165, 1.54) is 12.1 Å². The molecule has 0 aliphatic heterocycles. The van der Waals surface area contributed by atoms with E-state index in [-0.39, 0.29) is 10.8 Å². The van der Waals surface area contributed by atoms with Crippen LogP contribution in [0.25, 0.3) is 0 Å². The Labute approximate surface area is 79.0 Å². The first kappa shape index (κ1) is 9.28. The van der Waals surface area contributed by atoms with Crippen molar-refractivity contribution < 1.29 is 9.90 Å². The molecule has 4 nitrogen and oxygen atoms in total. The van der Waals surface area contributed by atoms with Crippen molar-refractivity contribution >= 4 is 30.2 Å². The molecule has 0 bridgehead atoms. The summed E-state index contributed by atoms with van der Waals surface area (Å²) >= 11 is 9.25. The maximum absolute atomic E-state index is 10.4. The highest BCUT2D eigenvalue weighted by Gasteiger charge is 2.16. The highest BCUT2D eigenvalue weighted by molar-refractivity contribution is 7.81. The van der Waals surface area contributed by atoms with Crippen molar-refractivity contribution in [3.8, 4) is 0 Å². The molecule has 64 valence electrons. The molecule has 0 aromatic carbocycles. The van der Waals surface area contributed by atoms with Crippen LogP contribution >= 0.6 is 24.2 Å². The van der Waals surface area contributed by atoms with E-state index in [4.69, 9.17) is 16.7 Å². The second-order valence-electron chi connectivity index (χ2n) is 2.02. The van der Waals surface area contributed by atoms with E-state index in [1.807, 2.05) is 0 Å². The van der Waals surface area contributed by atoms with Crippen LogP contribution in [0.15, 0.2) is 12.1 Å². The molecular formula is C6H5ClN2O2S. The first-order valence-electron chi connectivity index (χ1n) is 3.01. The lowest BCUT2D eigenvalue weighted by molar-refractivity contribution is -0.136. The summed E-state index contributed by atoms with van der Waals surface area (Å²) in [6, 6.07) is 2.94. The van der Waals surface area contributed by atoms with Crippen LogP contribution < -0.4 is 0 Å². The number of carbonyl (C=O) groups is 1. The van der Waals surface area contributed by atoms with Crippen LogP contribution in [0.5, 0.6) is 0 Å². The lowest BCUT2D eigenvalue weighted by Crippen LogP contribution is -2.07. The Hall–Kier alpha value is -0.810. The molecule has 1 aromatic heterocycles. The van der Waals surface area contributed by atoms with E-state index >= 15 is 0 Å². The van der Waals surface area contributed by atoms with Crippen LogP contribution in [0.2, 0.25) is 5.15 Å². The third-order valence-electron chi connectivity index (χ3n) is 1.17. The standard InChI is InChI=1S/C6H5ClN2O2S/c7-4-2-1-3(8-9-4)5(12)6(10)11/h1-2,5,12H,(H,10,11). The maximum atomic E-state index is 10.4. The Morgan fingerprint density at radius 1 is 1.58 bits per heavy atom. The first-order chi connectivity index (χ1) is 5.61. The number of halogens is 1.